The lowest BCUT2D eigenvalue weighted by Gasteiger charge is -2.17. The summed E-state index contributed by atoms with van der Waals surface area (Å²) in [4.78, 5) is 4.26. The molecule has 0 aliphatic carbocycles. The van der Waals surface area contributed by atoms with E-state index in [1.807, 2.05) is 13.8 Å². The normalized spacial score (nSPS) is 12.2. The van der Waals surface area contributed by atoms with Crippen molar-refractivity contribution in [3.8, 4) is 0 Å². The fourth-order valence-electron chi connectivity index (χ4n) is 1.73. The minimum absolute atomic E-state index is 0.0208. The number of nitrogens with one attached hydrogen (secondary N) is 1. The van der Waals surface area contributed by atoms with Crippen molar-refractivity contribution in [1.82, 2.24) is 4.98 Å². The van der Waals surface area contributed by atoms with Crippen LogP contribution < -0.4 is 11.1 Å². The molecule has 0 saturated heterocycles. The second-order valence-corrected chi connectivity index (χ2v) is 5.21. The smallest absolute Gasteiger partial charge is 0.141 e. The Morgan fingerprint density at radius 3 is 2.58 bits per heavy atom. The Morgan fingerprint density at radius 2 is 1.95 bits per heavy atom. The van der Waals surface area contributed by atoms with Gasteiger partial charge in [0.15, 0.2) is 0 Å². The molecule has 5 heteroatoms. The molecular weight excluding hydrogens is 309 g/mol. The number of nitrogens with two attached hydrogens (primary N) is 1. The number of anilines is 2. The molecular formula is C14H15BrFN3. The van der Waals surface area contributed by atoms with E-state index in [1.165, 1.54) is 12.1 Å². The number of benzene rings is 1. The molecule has 1 aromatic heterocycles. The van der Waals surface area contributed by atoms with Gasteiger partial charge in [0.05, 0.1) is 16.4 Å². The lowest BCUT2D eigenvalue weighted by atomic mass is 10.1. The molecule has 2 aromatic rings. The highest BCUT2D eigenvalue weighted by Gasteiger charge is 2.11. The topological polar surface area (TPSA) is 50.9 Å². The van der Waals surface area contributed by atoms with Gasteiger partial charge in [0.25, 0.3) is 0 Å². The minimum Gasteiger partial charge on any atom is -0.397 e. The molecule has 100 valence electrons. The molecule has 0 saturated carbocycles. The minimum atomic E-state index is -0.237. The van der Waals surface area contributed by atoms with Gasteiger partial charge in [-0.1, -0.05) is 12.1 Å². The molecule has 3 nitrogen and oxygen atoms in total. The molecule has 1 aromatic carbocycles. The zero-order chi connectivity index (χ0) is 14.0. The Labute approximate surface area is 120 Å². The lowest BCUT2D eigenvalue weighted by molar-refractivity contribution is 0.626. The first-order valence-electron chi connectivity index (χ1n) is 5.91. The van der Waals surface area contributed by atoms with E-state index in [0.717, 1.165) is 21.4 Å². The Bertz CT molecular complexity index is 584. The highest BCUT2D eigenvalue weighted by atomic mass is 79.9. The van der Waals surface area contributed by atoms with Gasteiger partial charge in [-0.3, -0.25) is 0 Å². The molecule has 0 aliphatic heterocycles. The van der Waals surface area contributed by atoms with E-state index in [2.05, 4.69) is 26.2 Å². The quantitative estimate of drug-likeness (QED) is 0.896. The van der Waals surface area contributed by atoms with Crippen LogP contribution in [0.2, 0.25) is 0 Å². The largest absolute Gasteiger partial charge is 0.397 e. The van der Waals surface area contributed by atoms with E-state index >= 15 is 0 Å². The summed E-state index contributed by atoms with van der Waals surface area (Å²) in [7, 11) is 0. The van der Waals surface area contributed by atoms with Crippen LogP contribution in [-0.2, 0) is 0 Å². The van der Waals surface area contributed by atoms with Crippen molar-refractivity contribution in [3.05, 3.63) is 51.9 Å². The first kappa shape index (κ1) is 13.8. The summed E-state index contributed by atoms with van der Waals surface area (Å²) in [6.07, 6.45) is 1.62. The van der Waals surface area contributed by atoms with Crippen LogP contribution in [0.4, 0.5) is 15.9 Å². The third-order valence-corrected chi connectivity index (χ3v) is 4.00. The fraction of sp³-hybridized carbons (Fsp3) is 0.214. The van der Waals surface area contributed by atoms with Gasteiger partial charge in [-0.05, 0) is 53.0 Å². The standard InChI is InChI=1S/C14H15BrFN3/c1-8-12(17)7-18-14(13(8)15)19-9(2)10-3-5-11(16)6-4-10/h3-7,9H,17H2,1-2H3,(H,18,19). The molecule has 0 bridgehead atoms. The Kier molecular flexibility index (Phi) is 4.04. The number of halogens is 2. The molecule has 1 unspecified atom stereocenters. The molecule has 1 atom stereocenters. The predicted molar refractivity (Wildman–Crippen MR) is 79.5 cm³/mol. The highest BCUT2D eigenvalue weighted by Crippen LogP contribution is 2.30. The average molecular weight is 324 g/mol. The maximum Gasteiger partial charge on any atom is 0.141 e. The first-order chi connectivity index (χ1) is 8.99. The summed E-state index contributed by atoms with van der Waals surface area (Å²) < 4.78 is 13.7. The average Bonchev–Trinajstić information content (AvgIpc) is 2.40. The van der Waals surface area contributed by atoms with Crippen molar-refractivity contribution in [2.75, 3.05) is 11.1 Å². The van der Waals surface area contributed by atoms with Crippen LogP contribution in [0.5, 0.6) is 0 Å². The van der Waals surface area contributed by atoms with Crippen LogP contribution in [0.1, 0.15) is 24.1 Å². The number of hydrogen-bond acceptors (Lipinski definition) is 3. The second-order valence-electron chi connectivity index (χ2n) is 4.42. The SMILES string of the molecule is Cc1c(N)cnc(NC(C)c2ccc(F)cc2)c1Br. The number of nitrogen functional groups attached to an aromatic ring is 1. The van der Waals surface area contributed by atoms with Gasteiger partial charge < -0.3 is 11.1 Å². The second kappa shape index (κ2) is 5.57. The zero-order valence-corrected chi connectivity index (χ0v) is 12.3. The summed E-state index contributed by atoms with van der Waals surface area (Å²) in [5.41, 5.74) is 8.37. The van der Waals surface area contributed by atoms with Gasteiger partial charge in [0.2, 0.25) is 0 Å². The Balaban J connectivity index is 2.21. The van der Waals surface area contributed by atoms with Gasteiger partial charge in [-0.2, -0.15) is 0 Å². The van der Waals surface area contributed by atoms with Crippen LogP contribution in [0.3, 0.4) is 0 Å². The fourth-order valence-corrected chi connectivity index (χ4v) is 2.18. The maximum atomic E-state index is 12.9. The van der Waals surface area contributed by atoms with Crippen molar-refractivity contribution in [3.63, 3.8) is 0 Å². The van der Waals surface area contributed by atoms with Gasteiger partial charge in [-0.15, -0.1) is 0 Å². The summed E-state index contributed by atoms with van der Waals surface area (Å²) >= 11 is 3.48. The van der Waals surface area contributed by atoms with E-state index < -0.39 is 0 Å². The Hall–Kier alpha value is -1.62. The van der Waals surface area contributed by atoms with E-state index in [0.29, 0.717) is 5.69 Å². The lowest BCUT2D eigenvalue weighted by Crippen LogP contribution is -2.09. The van der Waals surface area contributed by atoms with E-state index in [4.69, 9.17) is 5.73 Å². The molecule has 0 radical (unpaired) electrons. The molecule has 0 amide bonds. The van der Waals surface area contributed by atoms with E-state index in [-0.39, 0.29) is 11.9 Å². The van der Waals surface area contributed by atoms with Crippen molar-refractivity contribution in [1.29, 1.82) is 0 Å². The summed E-state index contributed by atoms with van der Waals surface area (Å²) in [6, 6.07) is 6.43. The molecule has 1 heterocycles. The summed E-state index contributed by atoms with van der Waals surface area (Å²) in [5, 5.41) is 3.28. The number of hydrogen-bond donors (Lipinski definition) is 2. The monoisotopic (exact) mass is 323 g/mol. The third-order valence-electron chi connectivity index (χ3n) is 3.03. The zero-order valence-electron chi connectivity index (χ0n) is 10.7. The molecule has 3 N–H and O–H groups in total. The number of nitrogens with zero attached hydrogens (tertiary/aromatic N) is 1. The van der Waals surface area contributed by atoms with Crippen molar-refractivity contribution in [2.24, 2.45) is 0 Å². The molecule has 0 aliphatic rings. The van der Waals surface area contributed by atoms with Gasteiger partial charge in [-0.25, -0.2) is 9.37 Å². The van der Waals surface area contributed by atoms with Crippen molar-refractivity contribution < 1.29 is 4.39 Å². The number of pyridine rings is 1. The molecule has 0 fully saturated rings. The number of aromatic nitrogens is 1. The molecule has 2 rings (SSSR count). The van der Waals surface area contributed by atoms with Crippen LogP contribution in [0, 0.1) is 12.7 Å². The van der Waals surface area contributed by atoms with E-state index in [1.54, 1.807) is 18.3 Å². The van der Waals surface area contributed by atoms with Crippen LogP contribution in [0.15, 0.2) is 34.9 Å². The van der Waals surface area contributed by atoms with Crippen LogP contribution in [-0.4, -0.2) is 4.98 Å². The first-order valence-corrected chi connectivity index (χ1v) is 6.71. The van der Waals surface area contributed by atoms with Crippen LogP contribution in [0.25, 0.3) is 0 Å². The van der Waals surface area contributed by atoms with Crippen molar-refractivity contribution in [2.45, 2.75) is 19.9 Å². The van der Waals surface area contributed by atoms with Gasteiger partial charge in [0.1, 0.15) is 11.6 Å². The Morgan fingerprint density at radius 1 is 1.32 bits per heavy atom. The number of rotatable bonds is 3. The molecule has 19 heavy (non-hydrogen) atoms. The predicted octanol–water partition coefficient (Wildman–Crippen LogP) is 4.05. The van der Waals surface area contributed by atoms with Gasteiger partial charge >= 0.3 is 0 Å². The highest BCUT2D eigenvalue weighted by molar-refractivity contribution is 9.10. The summed E-state index contributed by atoms with van der Waals surface area (Å²) in [5.74, 6) is 0.488. The van der Waals surface area contributed by atoms with Gasteiger partial charge in [0, 0.05) is 6.04 Å². The summed E-state index contributed by atoms with van der Waals surface area (Å²) in [6.45, 7) is 3.92. The van der Waals surface area contributed by atoms with Crippen LogP contribution >= 0.6 is 15.9 Å². The van der Waals surface area contributed by atoms with E-state index in [9.17, 15) is 4.39 Å². The molecule has 0 spiro atoms. The maximum absolute atomic E-state index is 12.9. The third kappa shape index (κ3) is 3.04. The van der Waals surface area contributed by atoms with Crippen molar-refractivity contribution >= 4 is 27.4 Å².